The van der Waals surface area contributed by atoms with Gasteiger partial charge in [0.25, 0.3) is 0 Å². The summed E-state index contributed by atoms with van der Waals surface area (Å²) in [6, 6.07) is 25.0. The molecule has 6 rings (SSSR count). The van der Waals surface area contributed by atoms with E-state index in [2.05, 4.69) is 26.6 Å². The van der Waals surface area contributed by atoms with Crippen molar-refractivity contribution >= 4 is 51.1 Å². The number of aliphatic hydroxyl groups excluding tert-OH is 1. The van der Waals surface area contributed by atoms with Crippen LogP contribution in [0.5, 0.6) is 5.75 Å². The number of carbonyl (C=O) groups excluding carboxylic acids is 3. The van der Waals surface area contributed by atoms with E-state index >= 15 is 0 Å². The summed E-state index contributed by atoms with van der Waals surface area (Å²) in [5.41, 5.74) is 2.52. The van der Waals surface area contributed by atoms with Crippen LogP contribution in [0.15, 0.2) is 84.9 Å². The molecule has 7 atom stereocenters. The maximum Gasteiger partial charge on any atom is 0.244 e. The number of benzene rings is 3. The SMILES string of the molecule is CCOc1ccc(NC(=O)[C@H]2[C@H]3C(=O)N([C@@H](CO)Cc4ccccc4)C(C(=O)NCc4ccccc4)C34CC(Br)[C@@H]2S4)cc1. The topological polar surface area (TPSA) is 108 Å². The van der Waals surface area contributed by atoms with Crippen LogP contribution in [-0.4, -0.2) is 67.8 Å². The highest BCUT2D eigenvalue weighted by atomic mass is 79.9. The van der Waals surface area contributed by atoms with E-state index in [1.807, 2.05) is 67.6 Å². The Morgan fingerprint density at radius 3 is 2.32 bits per heavy atom. The van der Waals surface area contributed by atoms with Crippen molar-refractivity contribution in [3.05, 3.63) is 96.1 Å². The van der Waals surface area contributed by atoms with Gasteiger partial charge in [0.1, 0.15) is 11.8 Å². The second-order valence-electron chi connectivity index (χ2n) is 11.6. The summed E-state index contributed by atoms with van der Waals surface area (Å²) in [6.07, 6.45) is 0.957. The minimum absolute atomic E-state index is 0.0568. The van der Waals surface area contributed by atoms with E-state index in [0.29, 0.717) is 37.4 Å². The fourth-order valence-corrected chi connectivity index (χ4v) is 10.7. The van der Waals surface area contributed by atoms with Crippen molar-refractivity contribution in [2.75, 3.05) is 18.5 Å². The van der Waals surface area contributed by atoms with Gasteiger partial charge in [-0.15, -0.1) is 11.8 Å². The first-order valence-electron chi connectivity index (χ1n) is 15.0. The minimum Gasteiger partial charge on any atom is -0.494 e. The van der Waals surface area contributed by atoms with Gasteiger partial charge in [-0.25, -0.2) is 0 Å². The molecule has 3 saturated heterocycles. The molecular weight excluding hydrogens is 642 g/mol. The Morgan fingerprint density at radius 2 is 1.68 bits per heavy atom. The molecule has 0 radical (unpaired) electrons. The third kappa shape index (κ3) is 5.63. The van der Waals surface area contributed by atoms with Crippen LogP contribution in [0.25, 0.3) is 0 Å². The van der Waals surface area contributed by atoms with Gasteiger partial charge in [0.05, 0.1) is 35.8 Å². The summed E-state index contributed by atoms with van der Waals surface area (Å²) in [7, 11) is 0. The zero-order chi connectivity index (χ0) is 30.8. The number of likely N-dealkylation sites (tertiary alicyclic amines) is 1. The van der Waals surface area contributed by atoms with Crippen LogP contribution in [0.2, 0.25) is 0 Å². The van der Waals surface area contributed by atoms with Crippen LogP contribution in [-0.2, 0) is 27.3 Å². The minimum atomic E-state index is -0.845. The van der Waals surface area contributed by atoms with Gasteiger partial charge in [-0.2, -0.15) is 0 Å². The lowest BCUT2D eigenvalue weighted by molar-refractivity contribution is -0.142. The number of nitrogens with zero attached hydrogens (tertiary/aromatic N) is 1. The monoisotopic (exact) mass is 677 g/mol. The lowest BCUT2D eigenvalue weighted by atomic mass is 9.70. The molecule has 1 spiro atoms. The molecule has 44 heavy (non-hydrogen) atoms. The van der Waals surface area contributed by atoms with Gasteiger partial charge in [0, 0.05) is 22.3 Å². The van der Waals surface area contributed by atoms with Crippen LogP contribution in [0, 0.1) is 11.8 Å². The maximum absolute atomic E-state index is 14.6. The molecule has 3 amide bonds. The number of fused-ring (bicyclic) bond motifs is 1. The summed E-state index contributed by atoms with van der Waals surface area (Å²) < 4.78 is 4.71. The normalized spacial score (nSPS) is 27.6. The second-order valence-corrected chi connectivity index (χ2v) is 14.3. The Hall–Kier alpha value is -3.34. The number of thioether (sulfide) groups is 1. The molecule has 3 N–H and O–H groups in total. The number of hydrogen-bond acceptors (Lipinski definition) is 6. The zero-order valence-electron chi connectivity index (χ0n) is 24.4. The molecule has 3 unspecified atom stereocenters. The van der Waals surface area contributed by atoms with Crippen LogP contribution in [0.3, 0.4) is 0 Å². The number of ether oxygens (including phenoxy) is 1. The van der Waals surface area contributed by atoms with Crippen LogP contribution < -0.4 is 15.4 Å². The Bertz CT molecular complexity index is 1490. The molecule has 3 heterocycles. The predicted molar refractivity (Wildman–Crippen MR) is 175 cm³/mol. The third-order valence-electron chi connectivity index (χ3n) is 8.94. The van der Waals surface area contributed by atoms with Crippen LogP contribution >= 0.6 is 27.7 Å². The number of alkyl halides is 1. The first kappa shape index (κ1) is 30.7. The number of aliphatic hydroxyl groups is 1. The quantitative estimate of drug-likeness (QED) is 0.260. The lowest BCUT2D eigenvalue weighted by Gasteiger charge is -2.37. The Morgan fingerprint density at radius 1 is 1.02 bits per heavy atom. The van der Waals surface area contributed by atoms with E-state index < -0.39 is 28.7 Å². The average Bonchev–Trinajstić information content (AvgIpc) is 3.64. The Kier molecular flexibility index (Phi) is 9.03. The molecule has 0 saturated carbocycles. The summed E-state index contributed by atoms with van der Waals surface area (Å²) in [5, 5.41) is 16.6. The smallest absolute Gasteiger partial charge is 0.244 e. The number of anilines is 1. The molecule has 10 heteroatoms. The number of amides is 3. The van der Waals surface area contributed by atoms with Gasteiger partial charge in [0.2, 0.25) is 17.7 Å². The van der Waals surface area contributed by atoms with Crippen molar-refractivity contribution < 1.29 is 24.2 Å². The standard InChI is InChI=1S/C34H36BrN3O5S/c1-2-43-25-15-13-23(14-16-25)37-31(40)27-28-33(42)38(24(20-39)17-21-9-5-3-6-10-21)30(34(28)18-26(35)29(27)44-34)32(41)36-19-22-11-7-4-8-12-22/h3-16,24,26-30,39H,2,17-20H2,1H3,(H,36,41)(H,37,40)/t24-,26?,27+,28+,29+,30?,34?/m1/s1. The van der Waals surface area contributed by atoms with Gasteiger partial charge in [-0.1, -0.05) is 76.6 Å². The third-order valence-corrected chi connectivity index (χ3v) is 12.2. The van der Waals surface area contributed by atoms with Crippen molar-refractivity contribution in [2.45, 2.75) is 53.2 Å². The Labute approximate surface area is 270 Å². The second kappa shape index (κ2) is 12.9. The van der Waals surface area contributed by atoms with E-state index in [4.69, 9.17) is 4.74 Å². The van der Waals surface area contributed by atoms with E-state index in [-0.39, 0.29) is 34.4 Å². The molecule has 0 aliphatic carbocycles. The van der Waals surface area contributed by atoms with Gasteiger partial charge >= 0.3 is 0 Å². The molecule has 3 aliphatic heterocycles. The highest BCUT2D eigenvalue weighted by molar-refractivity contribution is 9.09. The highest BCUT2D eigenvalue weighted by Crippen LogP contribution is 2.68. The first-order valence-corrected chi connectivity index (χ1v) is 16.8. The average molecular weight is 679 g/mol. The van der Waals surface area contributed by atoms with Gasteiger partial charge in [-0.05, 0) is 55.2 Å². The van der Waals surface area contributed by atoms with Crippen molar-refractivity contribution in [1.82, 2.24) is 10.2 Å². The van der Waals surface area contributed by atoms with Gasteiger partial charge in [0.15, 0.2) is 0 Å². The van der Waals surface area contributed by atoms with Crippen molar-refractivity contribution in [2.24, 2.45) is 11.8 Å². The number of rotatable bonds is 11. The van der Waals surface area contributed by atoms with E-state index in [1.54, 1.807) is 40.9 Å². The summed E-state index contributed by atoms with van der Waals surface area (Å²) >= 11 is 5.40. The molecular formula is C34H36BrN3O5S. The van der Waals surface area contributed by atoms with E-state index in [1.165, 1.54) is 0 Å². The molecule has 3 aromatic carbocycles. The Balaban J connectivity index is 1.33. The van der Waals surface area contributed by atoms with Crippen molar-refractivity contribution in [3.8, 4) is 5.75 Å². The summed E-state index contributed by atoms with van der Waals surface area (Å²) in [4.78, 5) is 44.3. The molecule has 3 fully saturated rings. The van der Waals surface area contributed by atoms with E-state index in [9.17, 15) is 19.5 Å². The molecule has 3 aromatic rings. The fraction of sp³-hybridized carbons (Fsp3) is 0.382. The molecule has 230 valence electrons. The summed E-state index contributed by atoms with van der Waals surface area (Å²) in [6.45, 7) is 2.46. The molecule has 8 nitrogen and oxygen atoms in total. The maximum atomic E-state index is 14.6. The molecule has 3 aliphatic rings. The molecule has 0 aromatic heterocycles. The number of nitrogens with one attached hydrogen (secondary N) is 2. The first-order chi connectivity index (χ1) is 21.4. The number of carbonyl (C=O) groups is 3. The lowest BCUT2D eigenvalue weighted by Crippen LogP contribution is -2.57. The largest absolute Gasteiger partial charge is 0.494 e. The highest BCUT2D eigenvalue weighted by Gasteiger charge is 2.76. The van der Waals surface area contributed by atoms with Crippen molar-refractivity contribution in [3.63, 3.8) is 0 Å². The van der Waals surface area contributed by atoms with Gasteiger partial charge in [-0.3, -0.25) is 14.4 Å². The van der Waals surface area contributed by atoms with E-state index in [0.717, 1.165) is 11.1 Å². The molecule has 2 bridgehead atoms. The van der Waals surface area contributed by atoms with Gasteiger partial charge < -0.3 is 25.4 Å². The summed E-state index contributed by atoms with van der Waals surface area (Å²) in [5.74, 6) is -1.41. The van der Waals surface area contributed by atoms with Crippen LogP contribution in [0.1, 0.15) is 24.5 Å². The number of hydrogen-bond donors (Lipinski definition) is 3. The van der Waals surface area contributed by atoms with Crippen molar-refractivity contribution in [1.29, 1.82) is 0 Å². The predicted octanol–water partition coefficient (Wildman–Crippen LogP) is 4.41. The number of halogens is 1. The zero-order valence-corrected chi connectivity index (χ0v) is 26.8. The van der Waals surface area contributed by atoms with Crippen LogP contribution in [0.4, 0.5) is 5.69 Å². The fourth-order valence-electron chi connectivity index (χ4n) is 7.11.